The molecule has 6 aromatic carbocycles. The zero-order valence-corrected chi connectivity index (χ0v) is 33.8. The second kappa shape index (κ2) is 17.3. The molecule has 0 aliphatic heterocycles. The first-order valence-electron chi connectivity index (χ1n) is 19.9. The number of carbonyl (C=O) groups excluding carboxylic acids is 1. The van der Waals surface area contributed by atoms with Gasteiger partial charge in [-0.2, -0.15) is 4.98 Å². The number of aryl methyl sites for hydroxylation is 1. The molecule has 0 spiro atoms. The van der Waals surface area contributed by atoms with Gasteiger partial charge >= 0.3 is 0 Å². The van der Waals surface area contributed by atoms with Gasteiger partial charge in [0.25, 0.3) is 0 Å². The van der Waals surface area contributed by atoms with Crippen molar-refractivity contribution in [2.24, 2.45) is 0 Å². The van der Waals surface area contributed by atoms with E-state index in [-0.39, 0.29) is 17.4 Å². The van der Waals surface area contributed by atoms with Crippen molar-refractivity contribution in [1.82, 2.24) is 19.7 Å². The maximum atomic E-state index is 17.5. The molecule has 300 valence electrons. The van der Waals surface area contributed by atoms with E-state index in [4.69, 9.17) is 19.0 Å². The van der Waals surface area contributed by atoms with Crippen LogP contribution in [0.15, 0.2) is 162 Å². The molecule has 0 aliphatic carbocycles. The zero-order valence-electron chi connectivity index (χ0n) is 33.8. The molecule has 10 heteroatoms. The number of hydrogen-bond donors (Lipinski definition) is 1. The van der Waals surface area contributed by atoms with Gasteiger partial charge in [0.2, 0.25) is 11.7 Å². The number of anilines is 1. The van der Waals surface area contributed by atoms with Gasteiger partial charge in [-0.05, 0) is 67.8 Å². The summed E-state index contributed by atoms with van der Waals surface area (Å²) in [5.41, 5.74) is 4.98. The van der Waals surface area contributed by atoms with Crippen LogP contribution in [0.3, 0.4) is 0 Å². The predicted molar refractivity (Wildman–Crippen MR) is 231 cm³/mol. The van der Waals surface area contributed by atoms with Crippen molar-refractivity contribution in [2.75, 3.05) is 11.9 Å². The van der Waals surface area contributed by atoms with Crippen LogP contribution in [-0.2, 0) is 5.54 Å². The van der Waals surface area contributed by atoms with Gasteiger partial charge in [-0.25, -0.2) is 9.37 Å². The average Bonchev–Trinajstić information content (AvgIpc) is 3.92. The molecular formula is C50H44FN5O4. The van der Waals surface area contributed by atoms with E-state index in [1.54, 1.807) is 25.1 Å². The lowest BCUT2D eigenvalue weighted by Crippen LogP contribution is -2.39. The largest absolute Gasteiger partial charge is 0.494 e. The number of aromatic nitrogens is 4. The molecule has 2 aromatic heterocycles. The Kier molecular flexibility index (Phi) is 11.4. The first-order valence-corrected chi connectivity index (χ1v) is 19.9. The molecule has 9 nitrogen and oxygen atoms in total. The van der Waals surface area contributed by atoms with E-state index >= 15 is 4.39 Å². The molecule has 8 aromatic rings. The number of carbonyl (C=O) groups is 1. The van der Waals surface area contributed by atoms with Crippen molar-refractivity contribution >= 4 is 12.0 Å². The Morgan fingerprint density at radius 1 is 0.800 bits per heavy atom. The van der Waals surface area contributed by atoms with Gasteiger partial charge in [0, 0.05) is 47.1 Å². The van der Waals surface area contributed by atoms with Crippen LogP contribution in [0, 0.1) is 12.7 Å². The highest BCUT2D eigenvalue weighted by molar-refractivity contribution is 5.86. The average molecular weight is 798 g/mol. The summed E-state index contributed by atoms with van der Waals surface area (Å²) in [4.78, 5) is 22.4. The van der Waals surface area contributed by atoms with Crippen LogP contribution in [-0.4, -0.2) is 38.7 Å². The summed E-state index contributed by atoms with van der Waals surface area (Å²) >= 11 is 0. The third-order valence-electron chi connectivity index (χ3n) is 10.3. The van der Waals surface area contributed by atoms with Gasteiger partial charge in [-0.3, -0.25) is 4.79 Å². The second-order valence-corrected chi connectivity index (χ2v) is 14.6. The van der Waals surface area contributed by atoms with Gasteiger partial charge in [0.15, 0.2) is 17.9 Å². The fourth-order valence-electron chi connectivity index (χ4n) is 7.76. The Hall–Kier alpha value is -7.33. The molecular weight excluding hydrogens is 754 g/mol. The number of rotatable bonds is 15. The van der Waals surface area contributed by atoms with Gasteiger partial charge < -0.3 is 23.9 Å². The third-order valence-corrected chi connectivity index (χ3v) is 10.3. The highest BCUT2D eigenvalue weighted by Crippen LogP contribution is 2.46. The summed E-state index contributed by atoms with van der Waals surface area (Å²) < 4.78 is 37.0. The van der Waals surface area contributed by atoms with Crippen molar-refractivity contribution in [3.05, 3.63) is 203 Å². The quantitative estimate of drug-likeness (QED) is 0.0808. The van der Waals surface area contributed by atoms with Crippen LogP contribution in [0.1, 0.15) is 71.1 Å². The fourth-order valence-corrected chi connectivity index (χ4v) is 7.76. The van der Waals surface area contributed by atoms with E-state index in [2.05, 4.69) is 56.4 Å². The van der Waals surface area contributed by atoms with E-state index in [0.29, 0.717) is 52.4 Å². The molecule has 0 aliphatic rings. The van der Waals surface area contributed by atoms with Gasteiger partial charge in [0.05, 0.1) is 18.4 Å². The smallest absolute Gasteiger partial charge is 0.223 e. The minimum atomic E-state index is -1.08. The van der Waals surface area contributed by atoms with Crippen molar-refractivity contribution in [2.45, 2.75) is 45.4 Å². The lowest BCUT2D eigenvalue weighted by Gasteiger charge is -2.39. The molecule has 0 saturated heterocycles. The Bertz CT molecular complexity index is 2600. The van der Waals surface area contributed by atoms with E-state index in [9.17, 15) is 4.79 Å². The van der Waals surface area contributed by atoms with E-state index in [1.165, 1.54) is 0 Å². The number of aldehydes is 1. The molecule has 0 saturated carbocycles. The Morgan fingerprint density at radius 2 is 1.40 bits per heavy atom. The second-order valence-electron chi connectivity index (χ2n) is 14.6. The topological polar surface area (TPSA) is 104 Å². The Balaban J connectivity index is 1.48. The first-order chi connectivity index (χ1) is 29.3. The number of benzene rings is 6. The van der Waals surface area contributed by atoms with Gasteiger partial charge in [0.1, 0.15) is 23.2 Å². The molecule has 1 unspecified atom stereocenters. The van der Waals surface area contributed by atoms with Crippen LogP contribution in [0.25, 0.3) is 22.6 Å². The van der Waals surface area contributed by atoms with E-state index in [1.807, 2.05) is 124 Å². The van der Waals surface area contributed by atoms with Crippen molar-refractivity contribution in [3.8, 4) is 34.1 Å². The van der Waals surface area contributed by atoms with Crippen molar-refractivity contribution in [1.29, 1.82) is 0 Å². The molecule has 1 atom stereocenters. The summed E-state index contributed by atoms with van der Waals surface area (Å²) in [5.74, 6) is 1.26. The zero-order chi connectivity index (χ0) is 41.6. The fraction of sp³-hybridized carbons (Fsp3) is 0.160. The lowest BCUT2D eigenvalue weighted by atomic mass is 9.76. The number of ether oxygens (including phenoxy) is 2. The maximum absolute atomic E-state index is 17.5. The minimum absolute atomic E-state index is 0.0469. The first kappa shape index (κ1) is 39.5. The highest BCUT2D eigenvalue weighted by atomic mass is 19.1. The lowest BCUT2D eigenvalue weighted by molar-refractivity contribution is 0.112. The molecule has 1 N–H and O–H groups in total. The van der Waals surface area contributed by atoms with Crippen LogP contribution in [0.5, 0.6) is 11.5 Å². The number of nitrogens with one attached hydrogen (secondary N) is 1. The number of nitrogens with zero attached hydrogens (tertiary/aromatic N) is 4. The predicted octanol–water partition coefficient (Wildman–Crippen LogP) is 11.1. The SMILES string of the molecule is CCOc1cc(OC(C)C)c(F)c(C(Nc2ccc(-c3noc(C)n3)cc2)c2nc(-c3ccccc3C=O)cn2C(c2ccccc2)(c2ccccc2)c2ccccc2)c1. The van der Waals surface area contributed by atoms with E-state index < -0.39 is 17.4 Å². The minimum Gasteiger partial charge on any atom is -0.494 e. The molecule has 8 rings (SSSR count). The molecule has 0 amide bonds. The highest BCUT2D eigenvalue weighted by Gasteiger charge is 2.42. The summed E-state index contributed by atoms with van der Waals surface area (Å²) in [6.45, 7) is 7.68. The summed E-state index contributed by atoms with van der Waals surface area (Å²) in [7, 11) is 0. The monoisotopic (exact) mass is 797 g/mol. The summed E-state index contributed by atoms with van der Waals surface area (Å²) in [6, 6.07) is 47.8. The van der Waals surface area contributed by atoms with E-state index in [0.717, 1.165) is 28.5 Å². The number of imidazole rings is 1. The van der Waals surface area contributed by atoms with Gasteiger partial charge in [-0.15, -0.1) is 0 Å². The van der Waals surface area contributed by atoms with Crippen molar-refractivity contribution in [3.63, 3.8) is 0 Å². The van der Waals surface area contributed by atoms with Crippen LogP contribution in [0.4, 0.5) is 10.1 Å². The molecule has 60 heavy (non-hydrogen) atoms. The van der Waals surface area contributed by atoms with Crippen LogP contribution in [0.2, 0.25) is 0 Å². The van der Waals surface area contributed by atoms with Gasteiger partial charge in [-0.1, -0.05) is 120 Å². The number of hydrogen-bond acceptors (Lipinski definition) is 8. The third kappa shape index (κ3) is 7.67. The number of halogens is 1. The molecule has 0 bridgehead atoms. The summed E-state index contributed by atoms with van der Waals surface area (Å²) in [6.07, 6.45) is 2.47. The normalized spacial score (nSPS) is 12.0. The maximum Gasteiger partial charge on any atom is 0.223 e. The van der Waals surface area contributed by atoms with Crippen LogP contribution >= 0.6 is 0 Å². The standard InChI is InChI=1S/C50H44FN5O4/c1-5-58-41-29-43(46(51)45(30-41)59-33(2)3)47(53-40-27-25-35(26-28-40)48-52-34(4)60-55-48)49-54-44(42-24-16-15-17-36(42)32-57)31-56(49)50(37-18-9-6-10-19-37,38-20-11-7-12-21-38)39-22-13-8-14-23-39/h6-33,47,53H,5H2,1-4H3. The summed E-state index contributed by atoms with van der Waals surface area (Å²) in [5, 5.41) is 7.77. The Morgan fingerprint density at radius 3 is 1.95 bits per heavy atom. The molecule has 2 heterocycles. The molecule has 0 fully saturated rings. The van der Waals surface area contributed by atoms with Crippen molar-refractivity contribution < 1.29 is 23.2 Å². The molecule has 0 radical (unpaired) electrons. The van der Waals surface area contributed by atoms with Crippen LogP contribution < -0.4 is 14.8 Å². The Labute approximate surface area is 348 Å².